The molecule has 2 aliphatic carbocycles. The monoisotopic (exact) mass is 417 g/mol. The molecule has 158 valence electrons. The lowest BCUT2D eigenvalue weighted by Gasteiger charge is -2.22. The molecule has 2 aliphatic rings. The van der Waals surface area contributed by atoms with E-state index in [2.05, 4.69) is 16.9 Å². The lowest BCUT2D eigenvalue weighted by Crippen LogP contribution is -2.24. The molecule has 0 aliphatic heterocycles. The summed E-state index contributed by atoms with van der Waals surface area (Å²) in [6, 6.07) is 7.94. The number of carboxylic acids is 1. The summed E-state index contributed by atoms with van der Waals surface area (Å²) in [5.41, 5.74) is 3.36. The van der Waals surface area contributed by atoms with Crippen molar-refractivity contribution in [1.29, 1.82) is 0 Å². The van der Waals surface area contributed by atoms with Crippen LogP contribution in [0.2, 0.25) is 0 Å². The second-order valence-corrected chi connectivity index (χ2v) is 10.2. The number of carbonyl (C=O) groups is 1. The van der Waals surface area contributed by atoms with Gasteiger partial charge in [-0.15, -0.1) is 0 Å². The first-order valence-corrected chi connectivity index (χ1v) is 12.1. The summed E-state index contributed by atoms with van der Waals surface area (Å²) in [4.78, 5) is 10.6. The molecule has 0 saturated heterocycles. The van der Waals surface area contributed by atoms with Gasteiger partial charge in [-0.25, -0.2) is 8.42 Å². The molecule has 0 heterocycles. The van der Waals surface area contributed by atoms with E-state index in [1.54, 1.807) is 6.20 Å². The van der Waals surface area contributed by atoms with Gasteiger partial charge in [0.15, 0.2) is 0 Å². The minimum absolute atomic E-state index is 0.0734. The molecule has 3 atom stereocenters. The topological polar surface area (TPSA) is 83.5 Å². The van der Waals surface area contributed by atoms with E-state index in [-0.39, 0.29) is 18.1 Å². The molecule has 1 aromatic carbocycles. The van der Waals surface area contributed by atoms with Crippen LogP contribution in [-0.4, -0.2) is 25.2 Å². The zero-order chi connectivity index (χ0) is 20.9. The molecule has 0 radical (unpaired) electrons. The van der Waals surface area contributed by atoms with Crippen LogP contribution in [0.5, 0.6) is 0 Å². The Bertz CT molecular complexity index is 888. The average molecular weight is 418 g/mol. The van der Waals surface area contributed by atoms with Gasteiger partial charge in [0, 0.05) is 18.5 Å². The van der Waals surface area contributed by atoms with Gasteiger partial charge >= 0.3 is 5.97 Å². The summed E-state index contributed by atoms with van der Waals surface area (Å²) in [6.07, 6.45) is 11.5. The quantitative estimate of drug-likeness (QED) is 0.441. The van der Waals surface area contributed by atoms with Crippen molar-refractivity contribution >= 4 is 16.0 Å². The van der Waals surface area contributed by atoms with Crippen LogP contribution < -0.4 is 4.72 Å². The summed E-state index contributed by atoms with van der Waals surface area (Å²) in [5.74, 6) is 0.633. The maximum atomic E-state index is 12.5. The van der Waals surface area contributed by atoms with Crippen molar-refractivity contribution in [2.24, 2.45) is 17.8 Å². The van der Waals surface area contributed by atoms with E-state index in [9.17, 15) is 13.2 Å². The number of sulfonamides is 1. The normalized spacial score (nSPS) is 25.1. The Morgan fingerprint density at radius 1 is 1.31 bits per heavy atom. The number of unbranched alkanes of at least 4 members (excludes halogenated alkanes) is 1. The van der Waals surface area contributed by atoms with Gasteiger partial charge in [-0.1, -0.05) is 42.0 Å². The highest BCUT2D eigenvalue weighted by Gasteiger charge is 2.42. The lowest BCUT2D eigenvalue weighted by molar-refractivity contribution is -0.137. The molecule has 5 nitrogen and oxygen atoms in total. The molecule has 3 unspecified atom stereocenters. The van der Waals surface area contributed by atoms with Gasteiger partial charge in [-0.2, -0.15) is 0 Å². The van der Waals surface area contributed by atoms with Gasteiger partial charge in [0.1, 0.15) is 0 Å². The molecular formula is C23H31NO4S. The highest BCUT2D eigenvalue weighted by molar-refractivity contribution is 7.89. The molecular weight excluding hydrogens is 386 g/mol. The minimum atomic E-state index is -3.37. The SMILES string of the molecule is Cc1cccc(CCS(=O)(=O)NC=C2C3CCC(C3)C2C=CCCCC(=O)O)c1. The predicted octanol–water partition coefficient (Wildman–Crippen LogP) is 4.20. The second-order valence-electron chi connectivity index (χ2n) is 8.33. The van der Waals surface area contributed by atoms with Gasteiger partial charge in [0.25, 0.3) is 0 Å². The van der Waals surface area contributed by atoms with Crippen molar-refractivity contribution in [2.75, 3.05) is 5.75 Å². The maximum absolute atomic E-state index is 12.5. The molecule has 2 bridgehead atoms. The van der Waals surface area contributed by atoms with Crippen LogP contribution in [0.25, 0.3) is 0 Å². The van der Waals surface area contributed by atoms with Crippen molar-refractivity contribution in [2.45, 2.75) is 51.9 Å². The van der Waals surface area contributed by atoms with Crippen molar-refractivity contribution < 1.29 is 18.3 Å². The minimum Gasteiger partial charge on any atom is -0.481 e. The van der Waals surface area contributed by atoms with Crippen LogP contribution in [0.3, 0.4) is 0 Å². The summed E-state index contributed by atoms with van der Waals surface area (Å²) in [6.45, 7) is 2.01. The maximum Gasteiger partial charge on any atom is 0.303 e. The average Bonchev–Trinajstić information content (AvgIpc) is 3.26. The Morgan fingerprint density at radius 2 is 2.14 bits per heavy atom. The number of aliphatic carboxylic acids is 1. The first-order chi connectivity index (χ1) is 13.8. The molecule has 0 aromatic heterocycles. The number of allylic oxidation sites excluding steroid dienone is 3. The lowest BCUT2D eigenvalue weighted by atomic mass is 9.84. The summed E-state index contributed by atoms with van der Waals surface area (Å²) < 4.78 is 27.7. The fourth-order valence-corrected chi connectivity index (χ4v) is 5.56. The highest BCUT2D eigenvalue weighted by Crippen LogP contribution is 2.52. The van der Waals surface area contributed by atoms with E-state index in [0.717, 1.165) is 30.4 Å². The smallest absolute Gasteiger partial charge is 0.303 e. The van der Waals surface area contributed by atoms with Crippen molar-refractivity contribution in [3.05, 3.63) is 59.3 Å². The van der Waals surface area contributed by atoms with Gasteiger partial charge in [-0.3, -0.25) is 9.52 Å². The molecule has 2 N–H and O–H groups in total. The van der Waals surface area contributed by atoms with E-state index in [0.29, 0.717) is 24.7 Å². The van der Waals surface area contributed by atoms with Crippen LogP contribution in [0.15, 0.2) is 48.2 Å². The third-order valence-electron chi connectivity index (χ3n) is 6.09. The fourth-order valence-electron chi connectivity index (χ4n) is 4.62. The number of hydrogen-bond acceptors (Lipinski definition) is 3. The summed E-state index contributed by atoms with van der Waals surface area (Å²) >= 11 is 0. The Labute approximate surface area is 174 Å². The molecule has 0 amide bonds. The number of carboxylic acid groups (broad SMARTS) is 1. The Hall–Kier alpha value is -2.08. The molecule has 29 heavy (non-hydrogen) atoms. The van der Waals surface area contributed by atoms with Crippen molar-refractivity contribution in [3.63, 3.8) is 0 Å². The van der Waals surface area contributed by atoms with E-state index in [4.69, 9.17) is 5.11 Å². The van der Waals surface area contributed by atoms with Crippen molar-refractivity contribution in [3.8, 4) is 0 Å². The molecule has 6 heteroatoms. The zero-order valence-corrected chi connectivity index (χ0v) is 17.8. The van der Waals surface area contributed by atoms with Crippen LogP contribution in [-0.2, 0) is 21.2 Å². The van der Waals surface area contributed by atoms with Gasteiger partial charge < -0.3 is 5.11 Å². The summed E-state index contributed by atoms with van der Waals surface area (Å²) in [5, 5.41) is 8.73. The number of rotatable bonds is 10. The standard InChI is InChI=1S/C23H31NO4S/c1-17-6-5-7-18(14-17)12-13-29(27,28)24-16-22-20-11-10-19(15-20)21(22)8-3-2-4-9-23(25)26/h3,5-8,14,16,19-21,24H,2,4,9-13,15H2,1H3,(H,25,26). The van der Waals surface area contributed by atoms with E-state index in [1.165, 1.54) is 12.0 Å². The van der Waals surface area contributed by atoms with Crippen LogP contribution in [0, 0.1) is 24.7 Å². The molecule has 3 rings (SSSR count). The molecule has 2 fully saturated rings. The Morgan fingerprint density at radius 3 is 2.90 bits per heavy atom. The highest BCUT2D eigenvalue weighted by atomic mass is 32.2. The second kappa shape index (κ2) is 9.61. The molecule has 2 saturated carbocycles. The number of nitrogens with one attached hydrogen (secondary N) is 1. The number of fused-ring (bicyclic) bond motifs is 2. The number of hydrogen-bond donors (Lipinski definition) is 2. The van der Waals surface area contributed by atoms with E-state index >= 15 is 0 Å². The van der Waals surface area contributed by atoms with Gasteiger partial charge in [-0.05, 0) is 68.4 Å². The van der Waals surface area contributed by atoms with Crippen LogP contribution in [0.4, 0.5) is 0 Å². The third kappa shape index (κ3) is 6.20. The Balaban J connectivity index is 1.58. The molecule has 0 spiro atoms. The molecule has 1 aromatic rings. The largest absolute Gasteiger partial charge is 0.481 e. The first-order valence-electron chi connectivity index (χ1n) is 10.5. The summed E-state index contributed by atoms with van der Waals surface area (Å²) in [7, 11) is -3.37. The van der Waals surface area contributed by atoms with Crippen LogP contribution >= 0.6 is 0 Å². The van der Waals surface area contributed by atoms with Gasteiger partial charge in [0.2, 0.25) is 10.0 Å². The van der Waals surface area contributed by atoms with E-state index < -0.39 is 16.0 Å². The zero-order valence-electron chi connectivity index (χ0n) is 17.0. The Kier molecular flexibility index (Phi) is 7.17. The predicted molar refractivity (Wildman–Crippen MR) is 115 cm³/mol. The fraction of sp³-hybridized carbons (Fsp3) is 0.522. The number of benzene rings is 1. The number of aryl methyl sites for hydroxylation is 2. The first kappa shape index (κ1) is 21.6. The van der Waals surface area contributed by atoms with Crippen molar-refractivity contribution in [1.82, 2.24) is 4.72 Å². The van der Waals surface area contributed by atoms with E-state index in [1.807, 2.05) is 31.2 Å². The van der Waals surface area contributed by atoms with Gasteiger partial charge in [0.05, 0.1) is 5.75 Å². The van der Waals surface area contributed by atoms with Crippen LogP contribution in [0.1, 0.15) is 49.7 Å². The third-order valence-corrected chi connectivity index (χ3v) is 7.31.